The third-order valence-corrected chi connectivity index (χ3v) is 7.19. The van der Waals surface area contributed by atoms with Crippen molar-refractivity contribution >= 4 is 17.6 Å². The van der Waals surface area contributed by atoms with Gasteiger partial charge in [-0.3, -0.25) is 0 Å². The van der Waals surface area contributed by atoms with E-state index in [1.54, 1.807) is 24.3 Å². The SMILES string of the molecule is C=C(Cl)Cc1cn(-c2ccc(C(=O)O)cc2)c(Cc2ccc(-c3ccc(Oc4ccc(C(C)(C)C)cc4)cc3)cc2)n1. The van der Waals surface area contributed by atoms with Crippen LogP contribution in [-0.4, -0.2) is 20.6 Å². The lowest BCUT2D eigenvalue weighted by Gasteiger charge is -2.19. The van der Waals surface area contributed by atoms with Gasteiger partial charge in [0.1, 0.15) is 17.3 Å². The quantitative estimate of drug-likeness (QED) is 0.190. The number of carbonyl (C=O) groups is 1. The molecule has 1 N–H and O–H groups in total. The van der Waals surface area contributed by atoms with Crippen molar-refractivity contribution in [2.75, 3.05) is 0 Å². The smallest absolute Gasteiger partial charge is 0.335 e. The van der Waals surface area contributed by atoms with Crippen LogP contribution in [0.3, 0.4) is 0 Å². The third kappa shape index (κ3) is 6.99. The molecule has 0 aliphatic carbocycles. The Kier molecular flexibility index (Phi) is 8.32. The molecule has 0 saturated carbocycles. The summed E-state index contributed by atoms with van der Waals surface area (Å²) >= 11 is 6.07. The van der Waals surface area contributed by atoms with Gasteiger partial charge >= 0.3 is 5.97 Å². The van der Waals surface area contributed by atoms with Crippen LogP contribution in [-0.2, 0) is 18.3 Å². The van der Waals surface area contributed by atoms with Crippen molar-refractivity contribution in [1.29, 1.82) is 0 Å². The number of aromatic carboxylic acids is 1. The fourth-order valence-corrected chi connectivity index (χ4v) is 4.88. The number of ether oxygens (including phenoxy) is 1. The Morgan fingerprint density at radius 2 is 1.40 bits per heavy atom. The highest BCUT2D eigenvalue weighted by Gasteiger charge is 2.14. The van der Waals surface area contributed by atoms with Gasteiger partial charge in [0.05, 0.1) is 11.3 Å². The molecule has 5 aromatic rings. The van der Waals surface area contributed by atoms with Crippen LogP contribution in [0.4, 0.5) is 0 Å². The summed E-state index contributed by atoms with van der Waals surface area (Å²) in [4.78, 5) is 16.1. The zero-order valence-electron chi connectivity index (χ0n) is 24.0. The average Bonchev–Trinajstić information content (AvgIpc) is 3.35. The van der Waals surface area contributed by atoms with Crippen molar-refractivity contribution < 1.29 is 14.6 Å². The Balaban J connectivity index is 1.30. The largest absolute Gasteiger partial charge is 0.478 e. The molecular weight excluding hydrogens is 544 g/mol. The molecule has 0 fully saturated rings. The standard InChI is InChI=1S/C36H33ClN2O3/c1-24(37)21-30-23-39(31-15-9-28(10-16-31)35(40)41)34(38-30)22-25-5-7-26(8-6-25)27-11-17-32(18-12-27)42-33-19-13-29(14-20-33)36(2,3)4/h5-20,23H,1,21-22H2,2-4H3,(H,40,41). The normalized spacial score (nSPS) is 11.3. The van der Waals surface area contributed by atoms with E-state index in [4.69, 9.17) is 21.3 Å². The first kappa shape index (κ1) is 28.9. The van der Waals surface area contributed by atoms with Crippen LogP contribution < -0.4 is 4.74 Å². The molecule has 0 atom stereocenters. The van der Waals surface area contributed by atoms with E-state index < -0.39 is 5.97 Å². The first-order valence-electron chi connectivity index (χ1n) is 13.8. The molecule has 0 amide bonds. The Labute approximate surface area is 251 Å². The molecule has 6 heteroatoms. The van der Waals surface area contributed by atoms with Gasteiger partial charge in [0.25, 0.3) is 0 Å². The van der Waals surface area contributed by atoms with Gasteiger partial charge in [-0.2, -0.15) is 0 Å². The van der Waals surface area contributed by atoms with Crippen molar-refractivity contribution in [3.8, 4) is 28.3 Å². The van der Waals surface area contributed by atoms with Crippen molar-refractivity contribution in [2.45, 2.75) is 39.0 Å². The predicted molar refractivity (Wildman–Crippen MR) is 169 cm³/mol. The van der Waals surface area contributed by atoms with Crippen LogP contribution >= 0.6 is 11.6 Å². The van der Waals surface area contributed by atoms with Gasteiger partial charge in [0, 0.05) is 29.8 Å². The van der Waals surface area contributed by atoms with E-state index in [9.17, 15) is 9.90 Å². The van der Waals surface area contributed by atoms with E-state index in [1.165, 1.54) is 5.56 Å². The monoisotopic (exact) mass is 576 g/mol. The van der Waals surface area contributed by atoms with Crippen LogP contribution in [0.5, 0.6) is 11.5 Å². The Bertz CT molecular complexity index is 1690. The number of rotatable bonds is 9. The van der Waals surface area contributed by atoms with Crippen LogP contribution in [0.25, 0.3) is 16.8 Å². The second-order valence-corrected chi connectivity index (χ2v) is 11.9. The maximum atomic E-state index is 11.3. The van der Waals surface area contributed by atoms with E-state index >= 15 is 0 Å². The summed E-state index contributed by atoms with van der Waals surface area (Å²) in [7, 11) is 0. The Hall–Kier alpha value is -4.61. The van der Waals surface area contributed by atoms with Crippen molar-refractivity contribution in [2.24, 2.45) is 0 Å². The zero-order chi connectivity index (χ0) is 29.9. The summed E-state index contributed by atoms with van der Waals surface area (Å²) in [6, 6.07) is 31.5. The molecule has 0 radical (unpaired) electrons. The third-order valence-electron chi connectivity index (χ3n) is 7.05. The lowest BCUT2D eigenvalue weighted by molar-refractivity contribution is 0.0697. The molecule has 4 aromatic carbocycles. The molecule has 0 saturated heterocycles. The number of imidazole rings is 1. The van der Waals surface area contributed by atoms with E-state index in [-0.39, 0.29) is 11.0 Å². The molecule has 0 unspecified atom stereocenters. The maximum absolute atomic E-state index is 11.3. The highest BCUT2D eigenvalue weighted by molar-refractivity contribution is 6.29. The van der Waals surface area contributed by atoms with E-state index in [0.717, 1.165) is 45.4 Å². The fourth-order valence-electron chi connectivity index (χ4n) is 4.74. The Morgan fingerprint density at radius 1 is 0.857 bits per heavy atom. The van der Waals surface area contributed by atoms with E-state index in [2.05, 4.69) is 75.9 Å². The molecule has 212 valence electrons. The Morgan fingerprint density at radius 3 is 1.93 bits per heavy atom. The van der Waals surface area contributed by atoms with Gasteiger partial charge in [-0.15, -0.1) is 0 Å². The molecule has 1 heterocycles. The lowest BCUT2D eigenvalue weighted by Crippen LogP contribution is -2.10. The minimum Gasteiger partial charge on any atom is -0.478 e. The first-order valence-corrected chi connectivity index (χ1v) is 14.1. The van der Waals surface area contributed by atoms with Crippen LogP contribution in [0.2, 0.25) is 0 Å². The van der Waals surface area contributed by atoms with Gasteiger partial charge in [-0.1, -0.05) is 87.5 Å². The second kappa shape index (κ2) is 12.1. The molecule has 5 rings (SSSR count). The summed E-state index contributed by atoms with van der Waals surface area (Å²) in [5.41, 5.74) is 6.55. The number of benzene rings is 4. The predicted octanol–water partition coefficient (Wildman–Crippen LogP) is 9.21. The number of hydrogen-bond acceptors (Lipinski definition) is 3. The van der Waals surface area contributed by atoms with Crippen LogP contribution in [0.1, 0.15) is 53.8 Å². The van der Waals surface area contributed by atoms with Crippen molar-refractivity contribution in [3.63, 3.8) is 0 Å². The van der Waals surface area contributed by atoms with Gasteiger partial charge in [-0.25, -0.2) is 9.78 Å². The number of aromatic nitrogens is 2. The average molecular weight is 577 g/mol. The minimum atomic E-state index is -0.959. The number of nitrogens with zero attached hydrogens (tertiary/aromatic N) is 2. The molecule has 0 aliphatic heterocycles. The topological polar surface area (TPSA) is 64.4 Å². The highest BCUT2D eigenvalue weighted by Crippen LogP contribution is 2.29. The fraction of sp³-hybridized carbons (Fsp3) is 0.167. The number of carboxylic acid groups (broad SMARTS) is 1. The summed E-state index contributed by atoms with van der Waals surface area (Å²) in [5, 5.41) is 9.76. The summed E-state index contributed by atoms with van der Waals surface area (Å²) in [5.74, 6) is 1.47. The molecule has 0 spiro atoms. The first-order chi connectivity index (χ1) is 20.0. The molecular formula is C36H33ClN2O3. The molecule has 0 aliphatic rings. The number of hydrogen-bond donors (Lipinski definition) is 1. The van der Waals surface area contributed by atoms with Gasteiger partial charge < -0.3 is 14.4 Å². The summed E-state index contributed by atoms with van der Waals surface area (Å²) in [6.45, 7) is 10.4. The van der Waals surface area contributed by atoms with Crippen molar-refractivity contribution in [1.82, 2.24) is 9.55 Å². The highest BCUT2D eigenvalue weighted by atomic mass is 35.5. The maximum Gasteiger partial charge on any atom is 0.335 e. The summed E-state index contributed by atoms with van der Waals surface area (Å²) in [6.07, 6.45) is 2.97. The molecule has 0 bridgehead atoms. The van der Waals surface area contributed by atoms with E-state index in [0.29, 0.717) is 17.9 Å². The van der Waals surface area contributed by atoms with Gasteiger partial charge in [-0.05, 0) is 76.2 Å². The van der Waals surface area contributed by atoms with Crippen molar-refractivity contribution in [3.05, 3.63) is 143 Å². The van der Waals surface area contributed by atoms with E-state index in [1.807, 2.05) is 35.0 Å². The van der Waals surface area contributed by atoms with Crippen LogP contribution in [0.15, 0.2) is 115 Å². The molecule has 1 aromatic heterocycles. The number of halogens is 1. The number of allylic oxidation sites excluding steroid dienone is 1. The van der Waals surface area contributed by atoms with Crippen LogP contribution in [0, 0.1) is 0 Å². The zero-order valence-corrected chi connectivity index (χ0v) is 24.7. The molecule has 5 nitrogen and oxygen atoms in total. The lowest BCUT2D eigenvalue weighted by atomic mass is 9.87. The minimum absolute atomic E-state index is 0.106. The van der Waals surface area contributed by atoms with Gasteiger partial charge in [0.15, 0.2) is 0 Å². The van der Waals surface area contributed by atoms with Gasteiger partial charge in [0.2, 0.25) is 0 Å². The number of carboxylic acids is 1. The molecule has 42 heavy (non-hydrogen) atoms. The summed E-state index contributed by atoms with van der Waals surface area (Å²) < 4.78 is 8.04. The second-order valence-electron chi connectivity index (χ2n) is 11.3.